The van der Waals surface area contributed by atoms with Gasteiger partial charge in [-0.3, -0.25) is 4.79 Å². The minimum Gasteiger partial charge on any atom is -0.391 e. The molecular weight excluding hydrogens is 226 g/mol. The van der Waals surface area contributed by atoms with Gasteiger partial charge in [0.1, 0.15) is 11.8 Å². The minimum absolute atomic E-state index is 0.190. The van der Waals surface area contributed by atoms with Crippen molar-refractivity contribution in [2.45, 2.75) is 77.2 Å². The van der Waals surface area contributed by atoms with E-state index < -0.39 is 0 Å². The molecule has 3 heteroatoms. The number of oxime groups is 1. The van der Waals surface area contributed by atoms with Crippen LogP contribution in [0.3, 0.4) is 0 Å². The van der Waals surface area contributed by atoms with Crippen LogP contribution in [-0.2, 0) is 9.63 Å². The number of carbonyl (C=O) groups excluding carboxylic acids is 1. The van der Waals surface area contributed by atoms with Crippen LogP contribution in [0.1, 0.15) is 71.1 Å². The van der Waals surface area contributed by atoms with Gasteiger partial charge in [-0.25, -0.2) is 0 Å². The maximum absolute atomic E-state index is 12.2. The average Bonchev–Trinajstić information content (AvgIpc) is 2.71. The lowest BCUT2D eigenvalue weighted by atomic mass is 9.84. The van der Waals surface area contributed by atoms with Gasteiger partial charge in [0.05, 0.1) is 0 Å². The Morgan fingerprint density at radius 2 is 2.00 bits per heavy atom. The number of hydrogen-bond donors (Lipinski definition) is 0. The molecule has 3 nitrogen and oxygen atoms in total. The van der Waals surface area contributed by atoms with Crippen LogP contribution < -0.4 is 0 Å². The first-order valence-electron chi connectivity index (χ1n) is 7.60. The second-order valence-corrected chi connectivity index (χ2v) is 5.60. The Bertz CT molecular complexity index is 312. The van der Waals surface area contributed by atoms with Crippen LogP contribution in [0.5, 0.6) is 0 Å². The van der Waals surface area contributed by atoms with Crippen molar-refractivity contribution >= 4 is 11.5 Å². The Hall–Kier alpha value is -0.860. The molecule has 2 atom stereocenters. The summed E-state index contributed by atoms with van der Waals surface area (Å²) in [5.74, 6) is 0.524. The van der Waals surface area contributed by atoms with Crippen molar-refractivity contribution in [1.29, 1.82) is 0 Å². The third-order valence-electron chi connectivity index (χ3n) is 4.13. The largest absolute Gasteiger partial charge is 0.391 e. The first kappa shape index (κ1) is 13.6. The summed E-state index contributed by atoms with van der Waals surface area (Å²) in [5.41, 5.74) is 0.748. The Morgan fingerprint density at radius 1 is 1.22 bits per heavy atom. The van der Waals surface area contributed by atoms with E-state index in [0.29, 0.717) is 12.3 Å². The quantitative estimate of drug-likeness (QED) is 0.696. The first-order valence-corrected chi connectivity index (χ1v) is 7.60. The van der Waals surface area contributed by atoms with Crippen LogP contribution in [0.25, 0.3) is 0 Å². The van der Waals surface area contributed by atoms with E-state index in [0.717, 1.165) is 37.8 Å². The molecule has 1 aliphatic heterocycles. The lowest BCUT2D eigenvalue weighted by Crippen LogP contribution is -2.29. The van der Waals surface area contributed by atoms with E-state index in [2.05, 4.69) is 12.1 Å². The number of hydrogen-bond acceptors (Lipinski definition) is 3. The third kappa shape index (κ3) is 3.33. The van der Waals surface area contributed by atoms with E-state index in [1.165, 1.54) is 25.7 Å². The second kappa shape index (κ2) is 6.91. The summed E-state index contributed by atoms with van der Waals surface area (Å²) in [6.07, 6.45) is 11.3. The van der Waals surface area contributed by atoms with Gasteiger partial charge >= 0.3 is 0 Å². The molecule has 2 unspecified atom stereocenters. The van der Waals surface area contributed by atoms with Gasteiger partial charge < -0.3 is 4.84 Å². The molecule has 1 fully saturated rings. The van der Waals surface area contributed by atoms with E-state index >= 15 is 0 Å². The van der Waals surface area contributed by atoms with E-state index in [9.17, 15) is 4.79 Å². The molecule has 0 aromatic carbocycles. The maximum atomic E-state index is 12.2. The molecule has 1 saturated carbocycles. The standard InChI is InChI=1S/C15H25NO2/c1-2-3-6-10-13(17)15-12-9-7-4-5-8-11-14(12)18-16-15/h12,14H,2-11H2,1H3. The molecule has 0 bridgehead atoms. The highest BCUT2D eigenvalue weighted by atomic mass is 16.6. The molecule has 0 aromatic rings. The zero-order chi connectivity index (χ0) is 12.8. The van der Waals surface area contributed by atoms with Crippen LogP contribution in [0, 0.1) is 5.92 Å². The summed E-state index contributed by atoms with van der Waals surface area (Å²) in [6, 6.07) is 0. The molecule has 0 saturated heterocycles. The minimum atomic E-state index is 0.190. The molecule has 1 heterocycles. The van der Waals surface area contributed by atoms with E-state index in [-0.39, 0.29) is 11.9 Å². The van der Waals surface area contributed by atoms with Crippen LogP contribution in [0.2, 0.25) is 0 Å². The number of fused-ring (bicyclic) bond motifs is 1. The number of Topliss-reactive ketones (excluding diaryl/α,β-unsaturated/α-hetero) is 1. The van der Waals surface area contributed by atoms with Crippen molar-refractivity contribution in [3.8, 4) is 0 Å². The van der Waals surface area contributed by atoms with Crippen molar-refractivity contribution in [3.05, 3.63) is 0 Å². The fourth-order valence-electron chi connectivity index (χ4n) is 3.00. The molecule has 0 spiro atoms. The zero-order valence-corrected chi connectivity index (χ0v) is 11.5. The lowest BCUT2D eigenvalue weighted by molar-refractivity contribution is -0.113. The van der Waals surface area contributed by atoms with Gasteiger partial charge in [-0.05, 0) is 25.7 Å². The predicted molar refractivity (Wildman–Crippen MR) is 72.6 cm³/mol. The van der Waals surface area contributed by atoms with Crippen molar-refractivity contribution in [2.75, 3.05) is 0 Å². The molecule has 18 heavy (non-hydrogen) atoms. The van der Waals surface area contributed by atoms with E-state index in [1.807, 2.05) is 0 Å². The Balaban J connectivity index is 1.89. The summed E-state index contributed by atoms with van der Waals surface area (Å²) in [4.78, 5) is 17.7. The summed E-state index contributed by atoms with van der Waals surface area (Å²) < 4.78 is 0. The molecule has 0 aromatic heterocycles. The van der Waals surface area contributed by atoms with Gasteiger partial charge in [0.25, 0.3) is 0 Å². The summed E-state index contributed by atoms with van der Waals surface area (Å²) in [7, 11) is 0. The summed E-state index contributed by atoms with van der Waals surface area (Å²) in [5, 5.41) is 4.11. The topological polar surface area (TPSA) is 38.7 Å². The van der Waals surface area contributed by atoms with Crippen LogP contribution in [-0.4, -0.2) is 17.6 Å². The number of unbranched alkanes of at least 4 members (excludes halogenated alkanes) is 2. The zero-order valence-electron chi connectivity index (χ0n) is 11.5. The van der Waals surface area contributed by atoms with Gasteiger partial charge in [0, 0.05) is 12.3 Å². The van der Waals surface area contributed by atoms with E-state index in [1.54, 1.807) is 0 Å². The summed E-state index contributed by atoms with van der Waals surface area (Å²) in [6.45, 7) is 2.16. The number of ketones is 1. The van der Waals surface area contributed by atoms with Gasteiger partial charge in [0.15, 0.2) is 5.78 Å². The number of carbonyl (C=O) groups is 1. The average molecular weight is 251 g/mol. The van der Waals surface area contributed by atoms with Crippen molar-refractivity contribution in [2.24, 2.45) is 11.1 Å². The molecule has 102 valence electrons. The molecule has 2 aliphatic rings. The Morgan fingerprint density at radius 3 is 2.78 bits per heavy atom. The first-order chi connectivity index (χ1) is 8.83. The molecule has 1 aliphatic carbocycles. The Labute approximate surface area is 110 Å². The molecule has 0 N–H and O–H groups in total. The van der Waals surface area contributed by atoms with Gasteiger partial charge in [-0.2, -0.15) is 0 Å². The van der Waals surface area contributed by atoms with Crippen LogP contribution in [0.4, 0.5) is 0 Å². The fraction of sp³-hybridized carbons (Fsp3) is 0.867. The third-order valence-corrected chi connectivity index (χ3v) is 4.13. The monoisotopic (exact) mass is 251 g/mol. The van der Waals surface area contributed by atoms with Crippen LogP contribution >= 0.6 is 0 Å². The maximum Gasteiger partial charge on any atom is 0.180 e. The smallest absolute Gasteiger partial charge is 0.180 e. The molecule has 2 rings (SSSR count). The Kier molecular flexibility index (Phi) is 5.21. The highest BCUT2D eigenvalue weighted by Gasteiger charge is 2.37. The normalized spacial score (nSPS) is 27.7. The number of rotatable bonds is 5. The highest BCUT2D eigenvalue weighted by molar-refractivity contribution is 6.40. The van der Waals surface area contributed by atoms with Crippen molar-refractivity contribution in [3.63, 3.8) is 0 Å². The lowest BCUT2D eigenvalue weighted by Gasteiger charge is -2.20. The molecular formula is C15H25NO2. The van der Waals surface area contributed by atoms with Gasteiger partial charge in [0.2, 0.25) is 0 Å². The number of nitrogens with zero attached hydrogens (tertiary/aromatic N) is 1. The fourth-order valence-corrected chi connectivity index (χ4v) is 3.00. The predicted octanol–water partition coefficient (Wildman–Crippen LogP) is 3.86. The van der Waals surface area contributed by atoms with E-state index in [4.69, 9.17) is 4.84 Å². The van der Waals surface area contributed by atoms with Crippen molar-refractivity contribution in [1.82, 2.24) is 0 Å². The highest BCUT2D eigenvalue weighted by Crippen LogP contribution is 2.31. The molecule has 0 amide bonds. The van der Waals surface area contributed by atoms with Crippen molar-refractivity contribution < 1.29 is 9.63 Å². The van der Waals surface area contributed by atoms with Gasteiger partial charge in [-0.15, -0.1) is 0 Å². The van der Waals surface area contributed by atoms with Gasteiger partial charge in [-0.1, -0.05) is 44.2 Å². The SMILES string of the molecule is CCCCCC(=O)C1=NOC2CCCCCCC12. The van der Waals surface area contributed by atoms with Crippen LogP contribution in [0.15, 0.2) is 5.16 Å². The summed E-state index contributed by atoms with van der Waals surface area (Å²) >= 11 is 0. The molecule has 0 radical (unpaired) electrons. The second-order valence-electron chi connectivity index (χ2n) is 5.60.